The number of carbonyl (C=O) groups excluding carboxylic acids is 1. The number of amides is 1. The van der Waals surface area contributed by atoms with E-state index < -0.39 is 5.82 Å². The summed E-state index contributed by atoms with van der Waals surface area (Å²) in [5, 5.41) is 0. The van der Waals surface area contributed by atoms with Gasteiger partial charge in [0, 0.05) is 28.1 Å². The second-order valence-corrected chi connectivity index (χ2v) is 6.13. The van der Waals surface area contributed by atoms with Crippen LogP contribution in [0.2, 0.25) is 0 Å². The zero-order valence-electron chi connectivity index (χ0n) is 11.7. The molecule has 0 saturated carbocycles. The minimum absolute atomic E-state index is 0.0642. The average molecular weight is 292 g/mol. The number of hydrogen-bond acceptors (Lipinski definition) is 3. The van der Waals surface area contributed by atoms with Gasteiger partial charge in [-0.05, 0) is 44.2 Å². The van der Waals surface area contributed by atoms with E-state index in [1.807, 2.05) is 26.0 Å². The first-order valence-corrected chi connectivity index (χ1v) is 7.09. The molecule has 0 saturated heterocycles. The molecule has 5 heteroatoms. The van der Waals surface area contributed by atoms with Crippen molar-refractivity contribution in [2.24, 2.45) is 0 Å². The van der Waals surface area contributed by atoms with Crippen LogP contribution in [0, 0.1) is 12.7 Å². The molecule has 0 bridgehead atoms. The van der Waals surface area contributed by atoms with Gasteiger partial charge >= 0.3 is 0 Å². The number of aryl methyl sites for hydroxylation is 1. The van der Waals surface area contributed by atoms with E-state index in [-0.39, 0.29) is 23.2 Å². The molecular formula is C15H17FN2OS. The fourth-order valence-corrected chi connectivity index (χ4v) is 2.96. The Kier molecular flexibility index (Phi) is 4.09. The van der Waals surface area contributed by atoms with Crippen molar-refractivity contribution in [3.05, 3.63) is 51.5 Å². The highest BCUT2D eigenvalue weighted by Gasteiger charge is 2.20. The zero-order valence-corrected chi connectivity index (χ0v) is 12.5. The van der Waals surface area contributed by atoms with Crippen LogP contribution in [-0.4, -0.2) is 17.9 Å². The van der Waals surface area contributed by atoms with Gasteiger partial charge < -0.3 is 10.6 Å². The summed E-state index contributed by atoms with van der Waals surface area (Å²) in [6, 6.07) is 7.87. The Hall–Kier alpha value is -1.88. The molecule has 2 aromatic rings. The normalized spacial score (nSPS) is 12.2. The third-order valence-electron chi connectivity index (χ3n) is 3.24. The molecular weight excluding hydrogens is 275 g/mol. The maximum atomic E-state index is 13.3. The van der Waals surface area contributed by atoms with Crippen LogP contribution in [-0.2, 0) is 0 Å². The molecule has 0 aliphatic carbocycles. The Labute approximate surface area is 121 Å². The lowest BCUT2D eigenvalue weighted by atomic mass is 10.1. The molecule has 1 heterocycles. The van der Waals surface area contributed by atoms with E-state index in [2.05, 4.69) is 0 Å². The van der Waals surface area contributed by atoms with E-state index in [0.29, 0.717) is 0 Å². The van der Waals surface area contributed by atoms with E-state index in [9.17, 15) is 9.18 Å². The highest BCUT2D eigenvalue weighted by molar-refractivity contribution is 7.12. The van der Waals surface area contributed by atoms with Crippen molar-refractivity contribution < 1.29 is 9.18 Å². The number of anilines is 1. The molecule has 0 radical (unpaired) electrons. The van der Waals surface area contributed by atoms with Gasteiger partial charge in [-0.3, -0.25) is 4.79 Å². The Morgan fingerprint density at radius 2 is 2.05 bits per heavy atom. The summed E-state index contributed by atoms with van der Waals surface area (Å²) in [6.45, 7) is 3.97. The number of thiophene rings is 1. The third-order valence-corrected chi connectivity index (χ3v) is 4.41. The molecule has 106 valence electrons. The Balaban J connectivity index is 2.23. The summed E-state index contributed by atoms with van der Waals surface area (Å²) >= 11 is 1.65. The van der Waals surface area contributed by atoms with E-state index >= 15 is 0 Å². The smallest absolute Gasteiger partial charge is 0.254 e. The van der Waals surface area contributed by atoms with Crippen LogP contribution in [0.15, 0.2) is 30.3 Å². The monoisotopic (exact) mass is 292 g/mol. The highest BCUT2D eigenvalue weighted by Crippen LogP contribution is 2.27. The maximum absolute atomic E-state index is 13.3. The van der Waals surface area contributed by atoms with Crippen molar-refractivity contribution in [1.29, 1.82) is 0 Å². The summed E-state index contributed by atoms with van der Waals surface area (Å²) in [7, 11) is 1.71. The second kappa shape index (κ2) is 5.63. The summed E-state index contributed by atoms with van der Waals surface area (Å²) in [4.78, 5) is 16.3. The lowest BCUT2D eigenvalue weighted by Crippen LogP contribution is -2.29. The molecule has 1 unspecified atom stereocenters. The molecule has 1 aromatic heterocycles. The van der Waals surface area contributed by atoms with Crippen LogP contribution in [0.4, 0.5) is 10.1 Å². The van der Waals surface area contributed by atoms with Crippen LogP contribution in [0.5, 0.6) is 0 Å². The number of hydrogen-bond donors (Lipinski definition) is 1. The lowest BCUT2D eigenvalue weighted by molar-refractivity contribution is 0.0744. The first-order chi connectivity index (χ1) is 9.38. The topological polar surface area (TPSA) is 46.3 Å². The molecule has 2 N–H and O–H groups in total. The molecule has 0 aliphatic heterocycles. The number of carbonyl (C=O) groups is 1. The summed E-state index contributed by atoms with van der Waals surface area (Å²) < 4.78 is 13.3. The number of benzene rings is 1. The quantitative estimate of drug-likeness (QED) is 0.878. The van der Waals surface area contributed by atoms with Crippen molar-refractivity contribution in [1.82, 2.24) is 4.90 Å². The van der Waals surface area contributed by atoms with Crippen LogP contribution in [0.25, 0.3) is 0 Å². The third kappa shape index (κ3) is 2.99. The van der Waals surface area contributed by atoms with Crippen molar-refractivity contribution in [2.75, 3.05) is 12.8 Å². The molecule has 0 spiro atoms. The first-order valence-electron chi connectivity index (χ1n) is 6.28. The molecule has 1 aromatic carbocycles. The molecule has 0 fully saturated rings. The lowest BCUT2D eigenvalue weighted by Gasteiger charge is -2.24. The largest absolute Gasteiger partial charge is 0.399 e. The van der Waals surface area contributed by atoms with Crippen LogP contribution < -0.4 is 5.73 Å². The minimum Gasteiger partial charge on any atom is -0.399 e. The number of rotatable bonds is 3. The van der Waals surface area contributed by atoms with E-state index in [0.717, 1.165) is 4.88 Å². The van der Waals surface area contributed by atoms with Gasteiger partial charge in [-0.2, -0.15) is 0 Å². The van der Waals surface area contributed by atoms with E-state index in [4.69, 9.17) is 5.73 Å². The summed E-state index contributed by atoms with van der Waals surface area (Å²) in [6.07, 6.45) is 0. The standard InChI is InChI=1S/C15H17FN2OS/c1-9-4-5-14(20-9)10(2)18(3)15(19)11-6-12(16)8-13(17)7-11/h4-8,10H,17H2,1-3H3. The van der Waals surface area contributed by atoms with Crippen molar-refractivity contribution in [3.63, 3.8) is 0 Å². The van der Waals surface area contributed by atoms with Crippen LogP contribution in [0.3, 0.4) is 0 Å². The van der Waals surface area contributed by atoms with Crippen molar-refractivity contribution in [2.45, 2.75) is 19.9 Å². The Morgan fingerprint density at radius 3 is 2.60 bits per heavy atom. The Morgan fingerprint density at radius 1 is 1.35 bits per heavy atom. The van der Waals surface area contributed by atoms with E-state index in [1.54, 1.807) is 23.3 Å². The maximum Gasteiger partial charge on any atom is 0.254 e. The van der Waals surface area contributed by atoms with E-state index in [1.165, 1.54) is 23.1 Å². The molecule has 0 aliphatic rings. The fraction of sp³-hybridized carbons (Fsp3) is 0.267. The number of nitrogens with two attached hydrogens (primary N) is 1. The van der Waals surface area contributed by atoms with Gasteiger partial charge in [-0.1, -0.05) is 0 Å². The first kappa shape index (κ1) is 14.5. The summed E-state index contributed by atoms with van der Waals surface area (Å²) in [5.74, 6) is -0.740. The minimum atomic E-state index is -0.499. The Bertz CT molecular complexity index is 618. The van der Waals surface area contributed by atoms with Gasteiger partial charge in [0.15, 0.2) is 0 Å². The van der Waals surface area contributed by atoms with Gasteiger partial charge in [0.25, 0.3) is 5.91 Å². The van der Waals surface area contributed by atoms with Gasteiger partial charge in [0.1, 0.15) is 5.82 Å². The van der Waals surface area contributed by atoms with Gasteiger partial charge in [-0.15, -0.1) is 11.3 Å². The molecule has 2 rings (SSSR count). The second-order valence-electron chi connectivity index (χ2n) is 4.81. The highest BCUT2D eigenvalue weighted by atomic mass is 32.1. The molecule has 1 amide bonds. The predicted molar refractivity (Wildman–Crippen MR) is 80.4 cm³/mol. The van der Waals surface area contributed by atoms with Gasteiger partial charge in [0.2, 0.25) is 0 Å². The SMILES string of the molecule is Cc1ccc(C(C)N(C)C(=O)c2cc(N)cc(F)c2)s1. The number of halogens is 1. The number of nitrogens with zero attached hydrogens (tertiary/aromatic N) is 1. The molecule has 20 heavy (non-hydrogen) atoms. The number of nitrogen functional groups attached to an aromatic ring is 1. The summed E-state index contributed by atoms with van der Waals surface area (Å²) in [5.41, 5.74) is 6.10. The van der Waals surface area contributed by atoms with Gasteiger partial charge in [0.05, 0.1) is 6.04 Å². The van der Waals surface area contributed by atoms with Crippen molar-refractivity contribution >= 4 is 22.9 Å². The van der Waals surface area contributed by atoms with Crippen molar-refractivity contribution in [3.8, 4) is 0 Å². The average Bonchev–Trinajstić information content (AvgIpc) is 2.81. The van der Waals surface area contributed by atoms with Crippen LogP contribution >= 0.6 is 11.3 Å². The fourth-order valence-electron chi connectivity index (χ4n) is 1.98. The molecule has 1 atom stereocenters. The molecule has 3 nitrogen and oxygen atoms in total. The predicted octanol–water partition coefficient (Wildman–Crippen LogP) is 3.61. The van der Waals surface area contributed by atoms with Crippen LogP contribution in [0.1, 0.15) is 33.1 Å². The van der Waals surface area contributed by atoms with Gasteiger partial charge in [-0.25, -0.2) is 4.39 Å². The zero-order chi connectivity index (χ0) is 14.9.